The number of fused-ring (bicyclic) bond motifs is 1. The maximum Gasteiger partial charge on any atom is 0.167 e. The van der Waals surface area contributed by atoms with Gasteiger partial charge in [-0.1, -0.05) is 30.3 Å². The predicted octanol–water partition coefficient (Wildman–Crippen LogP) is 5.86. The summed E-state index contributed by atoms with van der Waals surface area (Å²) in [6.45, 7) is 4.17. The van der Waals surface area contributed by atoms with Crippen LogP contribution in [0, 0.1) is 0 Å². The van der Waals surface area contributed by atoms with Gasteiger partial charge in [-0.15, -0.1) is 11.3 Å². The number of thiophene rings is 1. The van der Waals surface area contributed by atoms with E-state index in [2.05, 4.69) is 52.0 Å². The third-order valence-electron chi connectivity index (χ3n) is 7.10. The van der Waals surface area contributed by atoms with Gasteiger partial charge in [-0.05, 0) is 81.9 Å². The Balaban J connectivity index is 1.31. The molecular formula is C29H29N3OS. The van der Waals surface area contributed by atoms with Crippen LogP contribution in [0.4, 0.5) is 11.4 Å². The lowest BCUT2D eigenvalue weighted by atomic mass is 9.94. The van der Waals surface area contributed by atoms with E-state index in [0.29, 0.717) is 18.0 Å². The molecule has 2 fully saturated rings. The lowest BCUT2D eigenvalue weighted by Gasteiger charge is -2.32. The number of piperazine rings is 1. The zero-order valence-electron chi connectivity index (χ0n) is 19.2. The number of carbonyl (C=O) groups is 1. The monoisotopic (exact) mass is 467 g/mol. The molecule has 0 spiro atoms. The molecule has 0 amide bonds. The molecule has 1 saturated heterocycles. The summed E-state index contributed by atoms with van der Waals surface area (Å²) in [5.41, 5.74) is 12.5. The predicted molar refractivity (Wildman–Crippen MR) is 143 cm³/mol. The van der Waals surface area contributed by atoms with Crippen LogP contribution in [0.5, 0.6) is 0 Å². The van der Waals surface area contributed by atoms with Crippen LogP contribution >= 0.6 is 11.3 Å². The molecule has 0 bridgehead atoms. The van der Waals surface area contributed by atoms with Gasteiger partial charge in [0.1, 0.15) is 0 Å². The number of nitrogens with zero attached hydrogens (tertiary/aromatic N) is 1. The highest BCUT2D eigenvalue weighted by molar-refractivity contribution is 7.13. The normalized spacial score (nSPS) is 16.2. The van der Waals surface area contributed by atoms with E-state index in [1.165, 1.54) is 34.4 Å². The first-order valence-corrected chi connectivity index (χ1v) is 13.0. The Morgan fingerprint density at radius 3 is 2.65 bits per heavy atom. The minimum atomic E-state index is 0.107. The van der Waals surface area contributed by atoms with Crippen LogP contribution in [0.25, 0.3) is 21.2 Å². The first-order chi connectivity index (χ1) is 16.7. The molecule has 1 saturated carbocycles. The number of nitrogens with one attached hydrogen (secondary N) is 1. The van der Waals surface area contributed by atoms with Gasteiger partial charge in [0.05, 0.1) is 0 Å². The number of hydrogen-bond acceptors (Lipinski definition) is 5. The highest BCUT2D eigenvalue weighted by atomic mass is 32.1. The van der Waals surface area contributed by atoms with Crippen molar-refractivity contribution in [1.29, 1.82) is 0 Å². The summed E-state index contributed by atoms with van der Waals surface area (Å²) in [6, 6.07) is 20.9. The van der Waals surface area contributed by atoms with Gasteiger partial charge in [-0.2, -0.15) is 0 Å². The lowest BCUT2D eigenvalue weighted by molar-refractivity contribution is 0.0993. The van der Waals surface area contributed by atoms with Crippen LogP contribution in [0.2, 0.25) is 0 Å². The van der Waals surface area contributed by atoms with Gasteiger partial charge in [0.2, 0.25) is 0 Å². The van der Waals surface area contributed by atoms with Gasteiger partial charge in [0.15, 0.2) is 5.78 Å². The van der Waals surface area contributed by atoms with Crippen molar-refractivity contribution in [3.8, 4) is 10.4 Å². The average Bonchev–Trinajstić information content (AvgIpc) is 3.57. The summed E-state index contributed by atoms with van der Waals surface area (Å²) in [4.78, 5) is 17.0. The van der Waals surface area contributed by atoms with E-state index in [0.717, 1.165) is 48.3 Å². The first kappa shape index (κ1) is 21.4. The summed E-state index contributed by atoms with van der Waals surface area (Å²) < 4.78 is 0. The summed E-state index contributed by atoms with van der Waals surface area (Å²) >= 11 is 1.69. The number of hydrogen-bond donors (Lipinski definition) is 2. The Morgan fingerprint density at radius 2 is 1.88 bits per heavy atom. The summed E-state index contributed by atoms with van der Waals surface area (Å²) in [5, 5.41) is 7.98. The summed E-state index contributed by atoms with van der Waals surface area (Å²) in [6.07, 6.45) is 2.84. The third kappa shape index (κ3) is 4.10. The first-order valence-electron chi connectivity index (χ1n) is 12.2. The molecular weight excluding hydrogens is 438 g/mol. The second kappa shape index (κ2) is 8.90. The fourth-order valence-corrected chi connectivity index (χ4v) is 5.85. The maximum atomic E-state index is 13.3. The quantitative estimate of drug-likeness (QED) is 0.275. The fourth-order valence-electron chi connectivity index (χ4n) is 5.13. The molecule has 0 atom stereocenters. The van der Waals surface area contributed by atoms with Crippen LogP contribution in [-0.4, -0.2) is 32.0 Å². The third-order valence-corrected chi connectivity index (χ3v) is 8.02. The summed E-state index contributed by atoms with van der Waals surface area (Å²) in [5.74, 6) is 0.756. The molecule has 1 aliphatic carbocycles. The second-order valence-corrected chi connectivity index (χ2v) is 10.4. The summed E-state index contributed by atoms with van der Waals surface area (Å²) in [7, 11) is 0. The van der Waals surface area contributed by atoms with Crippen LogP contribution in [0.15, 0.2) is 66.0 Å². The molecule has 4 aromatic rings. The highest BCUT2D eigenvalue weighted by Gasteiger charge is 2.30. The zero-order valence-corrected chi connectivity index (χ0v) is 20.0. The van der Waals surface area contributed by atoms with E-state index in [-0.39, 0.29) is 5.78 Å². The van der Waals surface area contributed by atoms with Crippen molar-refractivity contribution in [2.75, 3.05) is 36.8 Å². The van der Waals surface area contributed by atoms with Gasteiger partial charge in [0, 0.05) is 54.4 Å². The minimum Gasteiger partial charge on any atom is -0.398 e. The van der Waals surface area contributed by atoms with Crippen molar-refractivity contribution in [1.82, 2.24) is 5.32 Å². The number of carbonyl (C=O) groups excluding carboxylic acids is 1. The topological polar surface area (TPSA) is 58.4 Å². The molecule has 34 heavy (non-hydrogen) atoms. The number of rotatable bonds is 6. The van der Waals surface area contributed by atoms with Gasteiger partial charge >= 0.3 is 0 Å². The smallest absolute Gasteiger partial charge is 0.167 e. The zero-order chi connectivity index (χ0) is 23.1. The number of Topliss-reactive ketones (excluding diaryl/α,β-unsaturated/α-hetero) is 1. The minimum absolute atomic E-state index is 0.107. The van der Waals surface area contributed by atoms with Crippen molar-refractivity contribution >= 4 is 39.3 Å². The molecule has 4 nitrogen and oxygen atoms in total. The van der Waals surface area contributed by atoms with Gasteiger partial charge in [-0.3, -0.25) is 4.79 Å². The van der Waals surface area contributed by atoms with E-state index in [4.69, 9.17) is 5.73 Å². The number of ketones is 1. The Morgan fingerprint density at radius 1 is 1.03 bits per heavy atom. The van der Waals surface area contributed by atoms with E-state index >= 15 is 0 Å². The molecule has 2 heterocycles. The van der Waals surface area contributed by atoms with Gasteiger partial charge < -0.3 is 16.0 Å². The average molecular weight is 468 g/mol. The van der Waals surface area contributed by atoms with Gasteiger partial charge in [0.25, 0.3) is 0 Å². The molecule has 2 aliphatic rings. The van der Waals surface area contributed by atoms with Crippen LogP contribution in [0.1, 0.15) is 40.2 Å². The molecule has 0 radical (unpaired) electrons. The molecule has 3 aromatic carbocycles. The molecule has 1 aromatic heterocycles. The Kier molecular flexibility index (Phi) is 5.60. The molecule has 0 unspecified atom stereocenters. The van der Waals surface area contributed by atoms with Crippen molar-refractivity contribution in [2.24, 2.45) is 0 Å². The molecule has 1 aliphatic heterocycles. The molecule has 6 rings (SSSR count). The molecule has 3 N–H and O–H groups in total. The van der Waals surface area contributed by atoms with Crippen LogP contribution < -0.4 is 16.0 Å². The standard InChI is InChI=1S/C29H29N3OS/c30-25-9-6-22(28-2-1-15-34-28)17-23(25)18-27(33)21-5-8-24-20(16-21)7-10-26(29(24)19-3-4-19)32-13-11-31-12-14-32/h1-2,5-10,15-17,19,31H,3-4,11-14,18,30H2. The largest absolute Gasteiger partial charge is 0.398 e. The Labute approximate surface area is 204 Å². The number of anilines is 2. The Bertz CT molecular complexity index is 1350. The van der Waals surface area contributed by atoms with Crippen molar-refractivity contribution in [2.45, 2.75) is 25.2 Å². The van der Waals surface area contributed by atoms with E-state index < -0.39 is 0 Å². The van der Waals surface area contributed by atoms with E-state index in [1.807, 2.05) is 24.3 Å². The van der Waals surface area contributed by atoms with E-state index in [1.54, 1.807) is 11.3 Å². The number of nitrogen functional groups attached to an aromatic ring is 1. The van der Waals surface area contributed by atoms with E-state index in [9.17, 15) is 4.79 Å². The number of benzene rings is 3. The van der Waals surface area contributed by atoms with Crippen molar-refractivity contribution in [3.05, 3.63) is 82.7 Å². The Hall–Kier alpha value is -3.15. The SMILES string of the molecule is Nc1ccc(-c2cccs2)cc1CC(=O)c1ccc2c(C3CC3)c(N3CCNCC3)ccc2c1. The molecule has 5 heteroatoms. The lowest BCUT2D eigenvalue weighted by Crippen LogP contribution is -2.43. The maximum absolute atomic E-state index is 13.3. The van der Waals surface area contributed by atoms with Gasteiger partial charge in [-0.25, -0.2) is 0 Å². The van der Waals surface area contributed by atoms with Crippen molar-refractivity contribution in [3.63, 3.8) is 0 Å². The highest BCUT2D eigenvalue weighted by Crippen LogP contribution is 2.48. The molecule has 172 valence electrons. The van der Waals surface area contributed by atoms with Crippen LogP contribution in [-0.2, 0) is 6.42 Å². The fraction of sp³-hybridized carbons (Fsp3) is 0.276. The second-order valence-electron chi connectivity index (χ2n) is 9.44. The van der Waals surface area contributed by atoms with Crippen molar-refractivity contribution < 1.29 is 4.79 Å². The van der Waals surface area contributed by atoms with Crippen LogP contribution in [0.3, 0.4) is 0 Å². The number of nitrogens with two attached hydrogens (primary N) is 1.